The van der Waals surface area contributed by atoms with Gasteiger partial charge in [0.2, 0.25) is 0 Å². The van der Waals surface area contributed by atoms with Crippen molar-refractivity contribution in [3.63, 3.8) is 0 Å². The number of ether oxygens (including phenoxy) is 1. The quantitative estimate of drug-likeness (QED) is 0.813. The van der Waals surface area contributed by atoms with Crippen LogP contribution in [0.4, 0.5) is 5.69 Å². The third-order valence-electron chi connectivity index (χ3n) is 4.37. The average molecular weight is 365 g/mol. The van der Waals surface area contributed by atoms with Gasteiger partial charge in [0, 0.05) is 5.69 Å². The van der Waals surface area contributed by atoms with Crippen molar-refractivity contribution in [1.82, 2.24) is 5.32 Å². The maximum atomic E-state index is 12.3. The second-order valence-corrected chi connectivity index (χ2v) is 6.27. The number of aryl methyl sites for hydroxylation is 1. The van der Waals surface area contributed by atoms with E-state index >= 15 is 0 Å². The maximum Gasteiger partial charge on any atom is 0.266 e. The van der Waals surface area contributed by atoms with Crippen LogP contribution in [-0.2, 0) is 11.2 Å². The third-order valence-corrected chi connectivity index (χ3v) is 4.81. The van der Waals surface area contributed by atoms with Crippen molar-refractivity contribution >= 4 is 24.2 Å². The van der Waals surface area contributed by atoms with Crippen LogP contribution in [0.2, 0.25) is 0 Å². The zero-order valence-electron chi connectivity index (χ0n) is 14.6. The molecular weight excluding hydrogens is 346 g/mol. The Hall–Kier alpha value is -2.91. The molecule has 5 nitrogen and oxygen atoms in total. The van der Waals surface area contributed by atoms with E-state index < -0.39 is 12.1 Å². The molecule has 2 aromatic rings. The van der Waals surface area contributed by atoms with Crippen molar-refractivity contribution < 1.29 is 9.53 Å². The number of benzene rings is 2. The summed E-state index contributed by atoms with van der Waals surface area (Å²) in [6, 6.07) is 17.4. The van der Waals surface area contributed by atoms with Gasteiger partial charge in [0.1, 0.15) is 23.6 Å². The molecule has 26 heavy (non-hydrogen) atoms. The zero-order valence-corrected chi connectivity index (χ0v) is 15.5. The molecule has 1 N–H and O–H groups in total. The van der Waals surface area contributed by atoms with Gasteiger partial charge in [-0.1, -0.05) is 31.2 Å². The molecule has 1 unspecified atom stereocenters. The first-order valence-electron chi connectivity index (χ1n) is 8.25. The normalized spacial score (nSPS) is 16.9. The number of carbonyl (C=O) groups is 1. The van der Waals surface area contributed by atoms with Gasteiger partial charge >= 0.3 is 0 Å². The Labute approximate surface area is 158 Å². The van der Waals surface area contributed by atoms with Crippen molar-refractivity contribution in [2.75, 3.05) is 12.0 Å². The first-order valence-corrected chi connectivity index (χ1v) is 8.70. The van der Waals surface area contributed by atoms with Gasteiger partial charge in [0.05, 0.1) is 12.1 Å². The van der Waals surface area contributed by atoms with E-state index in [0.717, 1.165) is 23.4 Å². The summed E-state index contributed by atoms with van der Waals surface area (Å²) in [5.41, 5.74) is 2.92. The van der Waals surface area contributed by atoms with Crippen molar-refractivity contribution in [2.24, 2.45) is 0 Å². The zero-order chi connectivity index (χ0) is 18.7. The molecule has 0 spiro atoms. The minimum atomic E-state index is -0.467. The van der Waals surface area contributed by atoms with Crippen LogP contribution in [0.1, 0.15) is 24.2 Å². The molecule has 1 aliphatic rings. The number of nitriles is 1. The Balaban J connectivity index is 2.09. The molecule has 6 heteroatoms. The van der Waals surface area contributed by atoms with E-state index in [1.54, 1.807) is 7.11 Å². The van der Waals surface area contributed by atoms with E-state index in [1.165, 1.54) is 5.56 Å². The molecule has 3 rings (SSSR count). The van der Waals surface area contributed by atoms with Crippen LogP contribution < -0.4 is 15.0 Å². The molecule has 2 aromatic carbocycles. The summed E-state index contributed by atoms with van der Waals surface area (Å²) < 4.78 is 5.20. The molecule has 1 aliphatic heterocycles. The Morgan fingerprint density at radius 1 is 1.19 bits per heavy atom. The van der Waals surface area contributed by atoms with Gasteiger partial charge < -0.3 is 15.0 Å². The maximum absolute atomic E-state index is 12.3. The summed E-state index contributed by atoms with van der Waals surface area (Å²) in [6.45, 7) is 2.09. The fourth-order valence-electron chi connectivity index (χ4n) is 2.89. The highest BCUT2D eigenvalue weighted by molar-refractivity contribution is 7.84. The standard InChI is InChI=1S/C20H19N3O2S/c1-3-13-4-8-15(9-5-13)23-18(14-6-10-16(25-2)11-7-14)22-19(24)17(12-21)20(23)26/h4-11,18,26H,3H2,1-2H3,(H,22,24). The van der Waals surface area contributed by atoms with Crippen molar-refractivity contribution in [1.29, 1.82) is 5.26 Å². The first kappa shape index (κ1) is 17.9. The van der Waals surface area contributed by atoms with Crippen LogP contribution in [0.25, 0.3) is 0 Å². The number of carbonyl (C=O) groups excluding carboxylic acids is 1. The highest BCUT2D eigenvalue weighted by atomic mass is 32.1. The van der Waals surface area contributed by atoms with Crippen molar-refractivity contribution in [3.05, 3.63) is 70.3 Å². The first-order chi connectivity index (χ1) is 12.6. The second kappa shape index (κ2) is 7.54. The van der Waals surface area contributed by atoms with Gasteiger partial charge in [-0.3, -0.25) is 4.79 Å². The summed E-state index contributed by atoms with van der Waals surface area (Å²) in [6.07, 6.45) is 0.469. The van der Waals surface area contributed by atoms with Crippen LogP contribution in [0.3, 0.4) is 0 Å². The minimum Gasteiger partial charge on any atom is -0.497 e. The predicted octanol–water partition coefficient (Wildman–Crippen LogP) is 3.56. The molecule has 1 amide bonds. The van der Waals surface area contributed by atoms with Gasteiger partial charge in [0.15, 0.2) is 0 Å². The monoisotopic (exact) mass is 365 g/mol. The number of anilines is 1. The van der Waals surface area contributed by atoms with Gasteiger partial charge in [-0.15, -0.1) is 12.6 Å². The number of methoxy groups -OCH3 is 1. The molecule has 132 valence electrons. The highest BCUT2D eigenvalue weighted by Gasteiger charge is 2.33. The molecule has 0 aromatic heterocycles. The van der Waals surface area contributed by atoms with Crippen molar-refractivity contribution in [3.8, 4) is 11.8 Å². The van der Waals surface area contributed by atoms with E-state index in [2.05, 4.69) is 24.9 Å². The second-order valence-electron chi connectivity index (χ2n) is 5.85. The van der Waals surface area contributed by atoms with E-state index in [0.29, 0.717) is 5.03 Å². The van der Waals surface area contributed by atoms with Crippen LogP contribution in [0.5, 0.6) is 5.75 Å². The highest BCUT2D eigenvalue weighted by Crippen LogP contribution is 2.36. The SMILES string of the molecule is CCc1ccc(N2C(S)=C(C#N)C(=O)NC2c2ccc(OC)cc2)cc1. The molecule has 0 fully saturated rings. The molecule has 0 radical (unpaired) electrons. The van der Waals surface area contributed by atoms with Crippen LogP contribution >= 0.6 is 12.6 Å². The summed E-state index contributed by atoms with van der Waals surface area (Å²) in [7, 11) is 1.60. The molecule has 1 heterocycles. The lowest BCUT2D eigenvalue weighted by Crippen LogP contribution is -2.46. The van der Waals surface area contributed by atoms with E-state index in [-0.39, 0.29) is 5.57 Å². The lowest BCUT2D eigenvalue weighted by molar-refractivity contribution is -0.118. The average Bonchev–Trinajstić information content (AvgIpc) is 2.68. The molecule has 0 saturated heterocycles. The van der Waals surface area contributed by atoms with Gasteiger partial charge in [-0.25, -0.2) is 0 Å². The molecule has 1 atom stereocenters. The largest absolute Gasteiger partial charge is 0.497 e. The fraction of sp³-hybridized carbons (Fsp3) is 0.200. The number of amides is 1. The number of rotatable bonds is 4. The molecule has 0 bridgehead atoms. The summed E-state index contributed by atoms with van der Waals surface area (Å²) in [5.74, 6) is 0.300. The lowest BCUT2D eigenvalue weighted by atomic mass is 10.1. The van der Waals surface area contributed by atoms with Gasteiger partial charge in [-0.2, -0.15) is 5.26 Å². The number of thiol groups is 1. The van der Waals surface area contributed by atoms with Crippen molar-refractivity contribution in [2.45, 2.75) is 19.5 Å². The third kappa shape index (κ3) is 3.26. The van der Waals surface area contributed by atoms with E-state index in [9.17, 15) is 10.1 Å². The number of hydrogen-bond donors (Lipinski definition) is 2. The van der Waals surface area contributed by atoms with Crippen LogP contribution in [-0.4, -0.2) is 13.0 Å². The summed E-state index contributed by atoms with van der Waals surface area (Å²) in [5, 5.41) is 12.6. The Bertz CT molecular complexity index is 883. The van der Waals surface area contributed by atoms with Gasteiger partial charge in [-0.05, 0) is 41.8 Å². The summed E-state index contributed by atoms with van der Waals surface area (Å²) >= 11 is 4.50. The Kier molecular flexibility index (Phi) is 5.19. The molecule has 0 saturated carbocycles. The smallest absolute Gasteiger partial charge is 0.266 e. The van der Waals surface area contributed by atoms with Crippen LogP contribution in [0.15, 0.2) is 59.1 Å². The van der Waals surface area contributed by atoms with Gasteiger partial charge in [0.25, 0.3) is 5.91 Å². The fourth-order valence-corrected chi connectivity index (χ4v) is 3.27. The number of nitrogens with one attached hydrogen (secondary N) is 1. The Morgan fingerprint density at radius 3 is 2.38 bits per heavy atom. The lowest BCUT2D eigenvalue weighted by Gasteiger charge is -2.38. The number of nitrogens with zero attached hydrogens (tertiary/aromatic N) is 2. The molecular formula is C20H19N3O2S. The Morgan fingerprint density at radius 2 is 1.85 bits per heavy atom. The van der Waals surface area contributed by atoms with E-state index in [1.807, 2.05) is 59.5 Å². The molecule has 0 aliphatic carbocycles. The topological polar surface area (TPSA) is 65.4 Å². The van der Waals surface area contributed by atoms with E-state index in [4.69, 9.17) is 4.74 Å². The summed E-state index contributed by atoms with van der Waals surface area (Å²) in [4.78, 5) is 14.2. The predicted molar refractivity (Wildman–Crippen MR) is 104 cm³/mol. The van der Waals surface area contributed by atoms with Crippen LogP contribution in [0, 0.1) is 11.3 Å². The minimum absolute atomic E-state index is 0.00216. The number of hydrogen-bond acceptors (Lipinski definition) is 5.